The molecule has 5 rings (SSSR count). The molecule has 2 aliphatic rings. The maximum atomic E-state index is 13.4. The summed E-state index contributed by atoms with van der Waals surface area (Å²) in [4.78, 5) is 42.8. The van der Waals surface area contributed by atoms with Gasteiger partial charge in [-0.2, -0.15) is 0 Å². The third kappa shape index (κ3) is 6.75. The number of aromatic nitrogens is 2. The van der Waals surface area contributed by atoms with Crippen molar-refractivity contribution in [3.8, 4) is 5.75 Å². The van der Waals surface area contributed by atoms with E-state index in [1.807, 2.05) is 51.1 Å². The van der Waals surface area contributed by atoms with Crippen molar-refractivity contribution < 1.29 is 23.9 Å². The summed E-state index contributed by atoms with van der Waals surface area (Å²) in [5.41, 5.74) is 1.70. The van der Waals surface area contributed by atoms with Gasteiger partial charge in [0.2, 0.25) is 5.91 Å². The molecule has 0 radical (unpaired) electrons. The summed E-state index contributed by atoms with van der Waals surface area (Å²) in [5, 5.41) is 8.07. The van der Waals surface area contributed by atoms with Gasteiger partial charge in [0.15, 0.2) is 0 Å². The number of carbonyl (C=O) groups excluding carboxylic acids is 2. The van der Waals surface area contributed by atoms with Gasteiger partial charge in [-0.3, -0.25) is 9.69 Å². The number of thiazole rings is 1. The Balaban J connectivity index is 1.35. The largest absolute Gasteiger partial charge is 0.494 e. The van der Waals surface area contributed by atoms with E-state index in [2.05, 4.69) is 15.5 Å². The number of pyridine rings is 1. The van der Waals surface area contributed by atoms with Crippen LogP contribution < -0.4 is 10.1 Å². The van der Waals surface area contributed by atoms with Crippen molar-refractivity contribution in [2.45, 2.75) is 69.5 Å². The van der Waals surface area contributed by atoms with Crippen LogP contribution in [0.4, 0.5) is 10.6 Å². The van der Waals surface area contributed by atoms with Gasteiger partial charge >= 0.3 is 6.09 Å². The number of fused-ring (bicyclic) bond motifs is 2. The minimum atomic E-state index is -0.632. The summed E-state index contributed by atoms with van der Waals surface area (Å²) >= 11 is 3.04. The smallest absolute Gasteiger partial charge is 0.410 e. The van der Waals surface area contributed by atoms with E-state index in [1.165, 1.54) is 11.8 Å². The lowest BCUT2D eigenvalue weighted by Crippen LogP contribution is -2.45. The van der Waals surface area contributed by atoms with Gasteiger partial charge in [0.05, 0.1) is 34.7 Å². The van der Waals surface area contributed by atoms with Crippen molar-refractivity contribution in [3.63, 3.8) is 0 Å². The average Bonchev–Trinajstić information content (AvgIpc) is 3.38. The fourth-order valence-electron chi connectivity index (χ4n) is 5.18. The molecule has 1 fully saturated rings. The van der Waals surface area contributed by atoms with E-state index in [4.69, 9.17) is 19.3 Å². The Hall–Kier alpha value is -3.38. The van der Waals surface area contributed by atoms with Crippen molar-refractivity contribution in [1.29, 1.82) is 0 Å². The number of anilines is 1. The highest BCUT2D eigenvalue weighted by Crippen LogP contribution is 2.36. The Morgan fingerprint density at radius 3 is 2.61 bits per heavy atom. The third-order valence-electron chi connectivity index (χ3n) is 7.03. The summed E-state index contributed by atoms with van der Waals surface area (Å²) in [6.45, 7) is 5.88. The first kappa shape index (κ1) is 29.1. The monoisotopic (exact) mass is 597 g/mol. The number of methoxy groups -OCH3 is 1. The van der Waals surface area contributed by atoms with Crippen LogP contribution in [0.25, 0.3) is 10.2 Å². The minimum Gasteiger partial charge on any atom is -0.494 e. The first-order valence-electron chi connectivity index (χ1n) is 13.6. The maximum absolute atomic E-state index is 13.4. The van der Waals surface area contributed by atoms with E-state index >= 15 is 0 Å². The van der Waals surface area contributed by atoms with Crippen molar-refractivity contribution in [2.75, 3.05) is 25.3 Å². The zero-order valence-corrected chi connectivity index (χ0v) is 25.6. The van der Waals surface area contributed by atoms with Crippen molar-refractivity contribution in [3.05, 3.63) is 41.0 Å². The number of rotatable bonds is 7. The number of thioether (sulfide) groups is 1. The minimum absolute atomic E-state index is 0.0397. The number of ether oxygens (including phenoxy) is 2. The Morgan fingerprint density at radius 2 is 1.90 bits per heavy atom. The molecule has 1 aliphatic heterocycles. The summed E-state index contributed by atoms with van der Waals surface area (Å²) in [5.74, 6) is 1.71. The molecule has 3 heterocycles. The Labute approximate surface area is 247 Å². The van der Waals surface area contributed by atoms with Crippen LogP contribution in [-0.4, -0.2) is 64.2 Å². The highest BCUT2D eigenvalue weighted by Gasteiger charge is 2.35. The Kier molecular flexibility index (Phi) is 8.69. The van der Waals surface area contributed by atoms with Crippen molar-refractivity contribution >= 4 is 56.8 Å². The molecule has 0 spiro atoms. The summed E-state index contributed by atoms with van der Waals surface area (Å²) in [7, 11) is 3.20. The quantitative estimate of drug-likeness (QED) is 0.257. The second kappa shape index (κ2) is 12.2. The van der Waals surface area contributed by atoms with Crippen molar-refractivity contribution in [1.82, 2.24) is 14.9 Å². The Morgan fingerprint density at radius 1 is 1.12 bits per heavy atom. The van der Waals surface area contributed by atoms with Gasteiger partial charge in [0, 0.05) is 12.0 Å². The van der Waals surface area contributed by atoms with E-state index < -0.39 is 5.60 Å². The molecule has 0 bridgehead atoms. The predicted octanol–water partition coefficient (Wildman–Crippen LogP) is 6.09. The third-order valence-corrected chi connectivity index (χ3v) is 9.12. The molecule has 1 saturated carbocycles. The molecule has 218 valence electrons. The van der Waals surface area contributed by atoms with Crippen LogP contribution in [0, 0.1) is 5.92 Å². The molecule has 3 aromatic rings. The summed E-state index contributed by atoms with van der Waals surface area (Å²) < 4.78 is 12.3. The topological polar surface area (TPSA) is 115 Å². The molecular formula is C29H35N5O5S2. The molecule has 10 nitrogen and oxygen atoms in total. The van der Waals surface area contributed by atoms with Crippen LogP contribution in [0.15, 0.2) is 40.4 Å². The zero-order valence-electron chi connectivity index (χ0n) is 23.9. The average molecular weight is 598 g/mol. The zero-order chi connectivity index (χ0) is 29.1. The van der Waals surface area contributed by atoms with Gasteiger partial charge in [-0.1, -0.05) is 11.2 Å². The Bertz CT molecular complexity index is 1460. The standard InChI is InChI=1S/C29H35N5O5S2/c1-29(2,3)39-28(36)34(15-18-11-14-22-26(30-18)31-23(35)16-40-22)19-12-9-17(10-13-19)24(33-38-5)27-32-25-20(37-4)7-6-8-21(25)41-27/h6-8,11,14,17,19H,9-10,12-13,15-16H2,1-5H3,(H,30,31,35). The lowest BCUT2D eigenvalue weighted by atomic mass is 9.82. The van der Waals surface area contributed by atoms with Crippen LogP contribution in [0.2, 0.25) is 0 Å². The molecule has 0 atom stereocenters. The van der Waals surface area contributed by atoms with Gasteiger partial charge in [0.1, 0.15) is 40.5 Å². The van der Waals surface area contributed by atoms with Crippen LogP contribution in [0.1, 0.15) is 57.2 Å². The highest BCUT2D eigenvalue weighted by molar-refractivity contribution is 8.00. The lowest BCUT2D eigenvalue weighted by Gasteiger charge is -2.37. The molecule has 1 aliphatic carbocycles. The number of nitrogens with one attached hydrogen (secondary N) is 1. The molecule has 0 saturated heterocycles. The van der Waals surface area contributed by atoms with Gasteiger partial charge in [-0.25, -0.2) is 14.8 Å². The van der Waals surface area contributed by atoms with E-state index in [0.29, 0.717) is 17.3 Å². The van der Waals surface area contributed by atoms with E-state index in [1.54, 1.807) is 30.5 Å². The number of nitrogens with zero attached hydrogens (tertiary/aromatic N) is 4. The fraction of sp³-hybridized carbons (Fsp3) is 0.483. The molecule has 2 amide bonds. The molecular weight excluding hydrogens is 562 g/mol. The second-order valence-electron chi connectivity index (χ2n) is 11.1. The SMILES string of the molecule is CON=C(c1nc2c(OC)cccc2s1)C1CCC(N(Cc2ccc3c(n2)NC(=O)CS3)C(=O)OC(C)(C)C)CC1. The van der Waals surface area contributed by atoms with Crippen LogP contribution in [0.5, 0.6) is 5.75 Å². The molecule has 0 unspecified atom stereocenters. The number of benzene rings is 1. The lowest BCUT2D eigenvalue weighted by molar-refractivity contribution is -0.113. The number of hydrogen-bond donors (Lipinski definition) is 1. The number of oxime groups is 1. The predicted molar refractivity (Wildman–Crippen MR) is 161 cm³/mol. The van der Waals surface area contributed by atoms with Gasteiger partial charge in [0.25, 0.3) is 0 Å². The second-order valence-corrected chi connectivity index (χ2v) is 13.1. The molecule has 1 aromatic carbocycles. The number of para-hydroxylation sites is 1. The van der Waals surface area contributed by atoms with Gasteiger partial charge in [-0.15, -0.1) is 23.1 Å². The number of hydrogen-bond acceptors (Lipinski definition) is 10. The van der Waals surface area contributed by atoms with Gasteiger partial charge < -0.3 is 19.6 Å². The number of carbonyl (C=O) groups is 2. The highest BCUT2D eigenvalue weighted by atomic mass is 32.2. The van der Waals surface area contributed by atoms with E-state index in [9.17, 15) is 9.59 Å². The molecule has 12 heteroatoms. The van der Waals surface area contributed by atoms with E-state index in [0.717, 1.165) is 57.3 Å². The molecule has 1 N–H and O–H groups in total. The van der Waals surface area contributed by atoms with Crippen molar-refractivity contribution in [2.24, 2.45) is 11.1 Å². The summed E-state index contributed by atoms with van der Waals surface area (Å²) in [6.07, 6.45) is 2.77. The van der Waals surface area contributed by atoms with Crippen LogP contribution in [0.3, 0.4) is 0 Å². The summed E-state index contributed by atoms with van der Waals surface area (Å²) in [6, 6.07) is 9.71. The fourth-order valence-corrected chi connectivity index (χ4v) is 6.97. The molecule has 2 aromatic heterocycles. The first-order chi connectivity index (χ1) is 19.6. The number of amides is 2. The first-order valence-corrected chi connectivity index (χ1v) is 15.4. The maximum Gasteiger partial charge on any atom is 0.410 e. The normalized spacial score (nSPS) is 19.3. The van der Waals surface area contributed by atoms with E-state index in [-0.39, 0.29) is 30.5 Å². The van der Waals surface area contributed by atoms with Gasteiger partial charge in [-0.05, 0) is 70.7 Å². The van der Waals surface area contributed by atoms with Crippen LogP contribution in [-0.2, 0) is 20.9 Å². The van der Waals surface area contributed by atoms with Crippen LogP contribution >= 0.6 is 23.1 Å². The molecule has 41 heavy (non-hydrogen) atoms.